The van der Waals surface area contributed by atoms with E-state index in [4.69, 9.17) is 25.8 Å². The number of hydrogen-bond acceptors (Lipinski definition) is 4. The van der Waals surface area contributed by atoms with Gasteiger partial charge in [-0.15, -0.1) is 0 Å². The van der Waals surface area contributed by atoms with Crippen molar-refractivity contribution < 1.29 is 19.0 Å². The summed E-state index contributed by atoms with van der Waals surface area (Å²) in [5.41, 5.74) is 2.46. The minimum absolute atomic E-state index is 0.180. The van der Waals surface area contributed by atoms with Crippen LogP contribution in [0, 0.1) is 13.8 Å². The summed E-state index contributed by atoms with van der Waals surface area (Å²) in [6.07, 6.45) is 0. The van der Waals surface area contributed by atoms with Crippen LogP contribution in [0.2, 0.25) is 5.02 Å². The lowest BCUT2D eigenvalue weighted by Crippen LogP contribution is -2.28. The minimum atomic E-state index is -0.180. The molecule has 1 heterocycles. The number of nitrogens with one attached hydrogen (secondary N) is 1. The maximum Gasteiger partial charge on any atom is 0.251 e. The SMILES string of the molecule is Cc1cc(OCCNC(=O)c2ccc3c(c2)OCO3)cc(C)c1Cl. The van der Waals surface area contributed by atoms with Crippen LogP contribution in [0.15, 0.2) is 30.3 Å². The van der Waals surface area contributed by atoms with Gasteiger partial charge in [0, 0.05) is 10.6 Å². The van der Waals surface area contributed by atoms with Gasteiger partial charge in [0.15, 0.2) is 11.5 Å². The zero-order valence-corrected chi connectivity index (χ0v) is 14.3. The molecule has 2 aromatic rings. The van der Waals surface area contributed by atoms with Gasteiger partial charge in [0.1, 0.15) is 12.4 Å². The van der Waals surface area contributed by atoms with Crippen molar-refractivity contribution in [1.82, 2.24) is 5.32 Å². The predicted molar refractivity (Wildman–Crippen MR) is 91.3 cm³/mol. The second-order valence-corrected chi connectivity index (χ2v) is 5.92. The van der Waals surface area contributed by atoms with Crippen molar-refractivity contribution in [2.75, 3.05) is 19.9 Å². The third-order valence-electron chi connectivity index (χ3n) is 3.70. The largest absolute Gasteiger partial charge is 0.492 e. The fraction of sp³-hybridized carbons (Fsp3) is 0.278. The molecule has 1 N–H and O–H groups in total. The van der Waals surface area contributed by atoms with Crippen LogP contribution in [-0.2, 0) is 0 Å². The normalized spacial score (nSPS) is 12.1. The summed E-state index contributed by atoms with van der Waals surface area (Å²) >= 11 is 6.13. The number of aryl methyl sites for hydroxylation is 2. The van der Waals surface area contributed by atoms with Crippen molar-refractivity contribution in [3.05, 3.63) is 52.0 Å². The molecule has 3 rings (SSSR count). The summed E-state index contributed by atoms with van der Waals surface area (Å²) in [4.78, 5) is 12.1. The Kier molecular flexibility index (Phi) is 4.81. The van der Waals surface area contributed by atoms with Crippen LogP contribution in [-0.4, -0.2) is 25.9 Å². The van der Waals surface area contributed by atoms with E-state index in [0.717, 1.165) is 21.9 Å². The summed E-state index contributed by atoms with van der Waals surface area (Å²) in [5.74, 6) is 1.81. The zero-order chi connectivity index (χ0) is 17.1. The van der Waals surface area contributed by atoms with Gasteiger partial charge in [0.25, 0.3) is 5.91 Å². The standard InChI is InChI=1S/C18H18ClNO4/c1-11-7-14(8-12(2)17(11)19)22-6-5-20-18(21)13-3-4-15-16(9-13)24-10-23-15/h3-4,7-9H,5-6,10H2,1-2H3,(H,20,21). The minimum Gasteiger partial charge on any atom is -0.492 e. The third kappa shape index (κ3) is 3.57. The van der Waals surface area contributed by atoms with Gasteiger partial charge in [0.2, 0.25) is 6.79 Å². The topological polar surface area (TPSA) is 56.8 Å². The van der Waals surface area contributed by atoms with E-state index in [2.05, 4.69) is 5.32 Å². The highest BCUT2D eigenvalue weighted by Crippen LogP contribution is 2.32. The number of fused-ring (bicyclic) bond motifs is 1. The van der Waals surface area contributed by atoms with Gasteiger partial charge >= 0.3 is 0 Å². The molecule has 0 radical (unpaired) electrons. The molecule has 0 unspecified atom stereocenters. The van der Waals surface area contributed by atoms with Crippen molar-refractivity contribution in [2.24, 2.45) is 0 Å². The van der Waals surface area contributed by atoms with E-state index in [1.165, 1.54) is 0 Å². The predicted octanol–water partition coefficient (Wildman–Crippen LogP) is 3.49. The Hall–Kier alpha value is -2.40. The van der Waals surface area contributed by atoms with Crippen molar-refractivity contribution >= 4 is 17.5 Å². The van der Waals surface area contributed by atoms with E-state index in [-0.39, 0.29) is 12.7 Å². The third-order valence-corrected chi connectivity index (χ3v) is 4.30. The van der Waals surface area contributed by atoms with Gasteiger partial charge in [-0.05, 0) is 55.3 Å². The maximum absolute atomic E-state index is 12.1. The summed E-state index contributed by atoms with van der Waals surface area (Å²) < 4.78 is 16.2. The van der Waals surface area contributed by atoms with Crippen molar-refractivity contribution in [2.45, 2.75) is 13.8 Å². The first-order chi connectivity index (χ1) is 11.5. The molecule has 1 aliphatic rings. The Balaban J connectivity index is 1.50. The van der Waals surface area contributed by atoms with E-state index < -0.39 is 0 Å². The number of ether oxygens (including phenoxy) is 3. The molecule has 0 saturated heterocycles. The van der Waals surface area contributed by atoms with Gasteiger partial charge in [-0.25, -0.2) is 0 Å². The second-order valence-electron chi connectivity index (χ2n) is 5.54. The molecule has 0 spiro atoms. The zero-order valence-electron chi connectivity index (χ0n) is 13.5. The van der Waals surface area contributed by atoms with E-state index in [1.807, 2.05) is 26.0 Å². The highest BCUT2D eigenvalue weighted by Gasteiger charge is 2.15. The monoisotopic (exact) mass is 347 g/mol. The first kappa shape index (κ1) is 16.5. The molecule has 6 heteroatoms. The van der Waals surface area contributed by atoms with Gasteiger partial charge in [-0.1, -0.05) is 11.6 Å². The molecule has 24 heavy (non-hydrogen) atoms. The van der Waals surface area contributed by atoms with E-state index in [9.17, 15) is 4.79 Å². The Morgan fingerprint density at radius 3 is 2.62 bits per heavy atom. The van der Waals surface area contributed by atoms with E-state index in [0.29, 0.717) is 30.2 Å². The molecule has 126 valence electrons. The lowest BCUT2D eigenvalue weighted by Gasteiger charge is -2.11. The number of rotatable bonds is 5. The summed E-state index contributed by atoms with van der Waals surface area (Å²) in [6, 6.07) is 8.87. The number of benzene rings is 2. The van der Waals surface area contributed by atoms with Gasteiger partial charge in [-0.2, -0.15) is 0 Å². The first-order valence-corrected chi connectivity index (χ1v) is 8.00. The highest BCUT2D eigenvalue weighted by atomic mass is 35.5. The quantitative estimate of drug-likeness (QED) is 0.841. The van der Waals surface area contributed by atoms with Crippen LogP contribution in [0.1, 0.15) is 21.5 Å². The van der Waals surface area contributed by atoms with Crippen molar-refractivity contribution in [1.29, 1.82) is 0 Å². The number of carbonyl (C=O) groups excluding carboxylic acids is 1. The fourth-order valence-corrected chi connectivity index (χ4v) is 2.57. The highest BCUT2D eigenvalue weighted by molar-refractivity contribution is 6.32. The molecule has 1 amide bonds. The van der Waals surface area contributed by atoms with Crippen molar-refractivity contribution in [3.8, 4) is 17.2 Å². The van der Waals surface area contributed by atoms with Crippen LogP contribution in [0.4, 0.5) is 0 Å². The number of halogens is 1. The number of carbonyl (C=O) groups is 1. The molecule has 0 fully saturated rings. The summed E-state index contributed by atoms with van der Waals surface area (Å²) in [6.45, 7) is 4.83. The van der Waals surface area contributed by atoms with Crippen LogP contribution >= 0.6 is 11.6 Å². The molecule has 1 aliphatic heterocycles. The first-order valence-electron chi connectivity index (χ1n) is 7.62. The Morgan fingerprint density at radius 1 is 1.17 bits per heavy atom. The summed E-state index contributed by atoms with van der Waals surface area (Å²) in [5, 5.41) is 3.56. The Bertz CT molecular complexity index is 753. The molecule has 0 saturated carbocycles. The van der Waals surface area contributed by atoms with Crippen molar-refractivity contribution in [3.63, 3.8) is 0 Å². The van der Waals surface area contributed by atoms with Crippen LogP contribution < -0.4 is 19.5 Å². The number of amides is 1. The smallest absolute Gasteiger partial charge is 0.251 e. The summed E-state index contributed by atoms with van der Waals surface area (Å²) in [7, 11) is 0. The van der Waals surface area contributed by atoms with Gasteiger partial charge in [0.05, 0.1) is 6.54 Å². The molecule has 0 atom stereocenters. The second kappa shape index (κ2) is 7.01. The molecular weight excluding hydrogens is 330 g/mol. The molecule has 0 aromatic heterocycles. The Morgan fingerprint density at radius 2 is 1.88 bits per heavy atom. The van der Waals surface area contributed by atoms with E-state index >= 15 is 0 Å². The average molecular weight is 348 g/mol. The van der Waals surface area contributed by atoms with Crippen LogP contribution in [0.3, 0.4) is 0 Å². The van der Waals surface area contributed by atoms with E-state index in [1.54, 1.807) is 18.2 Å². The van der Waals surface area contributed by atoms with Crippen LogP contribution in [0.5, 0.6) is 17.2 Å². The van der Waals surface area contributed by atoms with Gasteiger partial charge < -0.3 is 19.5 Å². The van der Waals surface area contributed by atoms with Gasteiger partial charge in [-0.3, -0.25) is 4.79 Å². The molecule has 2 aromatic carbocycles. The van der Waals surface area contributed by atoms with Crippen LogP contribution in [0.25, 0.3) is 0 Å². The number of hydrogen-bond donors (Lipinski definition) is 1. The average Bonchev–Trinajstić information content (AvgIpc) is 3.03. The maximum atomic E-state index is 12.1. The fourth-order valence-electron chi connectivity index (χ4n) is 2.46. The lowest BCUT2D eigenvalue weighted by atomic mass is 10.1. The Labute approximate surface area is 145 Å². The molecular formula is C18H18ClNO4. The lowest BCUT2D eigenvalue weighted by molar-refractivity contribution is 0.0946. The molecule has 0 bridgehead atoms. The molecule has 5 nitrogen and oxygen atoms in total. The molecule has 0 aliphatic carbocycles.